The molecule has 0 aliphatic heterocycles. The molecule has 1 fully saturated rings. The Labute approximate surface area is 157 Å². The third kappa shape index (κ3) is 4.46. The maximum absolute atomic E-state index is 12.5. The van der Waals surface area contributed by atoms with Crippen molar-refractivity contribution in [3.05, 3.63) is 53.1 Å². The number of carbonyl (C=O) groups excluding carboxylic acids is 2. The second kappa shape index (κ2) is 7.66. The zero-order valence-corrected chi connectivity index (χ0v) is 15.4. The lowest BCUT2D eigenvalue weighted by molar-refractivity contribution is 0.102. The van der Waals surface area contributed by atoms with Crippen LogP contribution < -0.4 is 20.9 Å². The van der Waals surface area contributed by atoms with Crippen molar-refractivity contribution in [3.8, 4) is 0 Å². The summed E-state index contributed by atoms with van der Waals surface area (Å²) in [4.78, 5) is 26.1. The molecule has 3 amide bonds. The molecule has 0 radical (unpaired) electrons. The van der Waals surface area contributed by atoms with Crippen molar-refractivity contribution in [1.82, 2.24) is 5.32 Å². The monoisotopic (exact) mass is 372 g/mol. The van der Waals surface area contributed by atoms with E-state index in [9.17, 15) is 9.59 Å². The van der Waals surface area contributed by atoms with E-state index < -0.39 is 0 Å². The molecule has 7 heteroatoms. The number of anilines is 3. The van der Waals surface area contributed by atoms with E-state index >= 15 is 0 Å². The molecule has 0 aromatic heterocycles. The zero-order chi connectivity index (χ0) is 18.7. The predicted octanol–water partition coefficient (Wildman–Crippen LogP) is 3.94. The van der Waals surface area contributed by atoms with E-state index in [1.54, 1.807) is 42.5 Å². The molecule has 1 saturated carbocycles. The number of nitrogens with zero attached hydrogens (tertiary/aromatic N) is 1. The quantitative estimate of drug-likeness (QED) is 0.744. The van der Waals surface area contributed by atoms with Crippen molar-refractivity contribution >= 4 is 40.6 Å². The van der Waals surface area contributed by atoms with E-state index in [0.717, 1.165) is 18.5 Å². The highest BCUT2D eigenvalue weighted by Crippen LogP contribution is 2.32. The number of halogens is 1. The van der Waals surface area contributed by atoms with Gasteiger partial charge >= 0.3 is 6.03 Å². The molecule has 0 bridgehead atoms. The molecule has 6 nitrogen and oxygen atoms in total. The third-order valence-electron chi connectivity index (χ3n) is 4.00. The van der Waals surface area contributed by atoms with Gasteiger partial charge in [-0.25, -0.2) is 4.79 Å². The summed E-state index contributed by atoms with van der Waals surface area (Å²) in [6.45, 7) is 0. The number of carbonyl (C=O) groups is 2. The van der Waals surface area contributed by atoms with Crippen LogP contribution in [0.3, 0.4) is 0 Å². The normalized spacial score (nSPS) is 13.0. The summed E-state index contributed by atoms with van der Waals surface area (Å²) in [5.41, 5.74) is 2.51. The molecule has 0 saturated heterocycles. The Morgan fingerprint density at radius 3 is 2.35 bits per heavy atom. The molecular weight excluding hydrogens is 352 g/mol. The molecule has 0 unspecified atom stereocenters. The van der Waals surface area contributed by atoms with Crippen molar-refractivity contribution in [2.75, 3.05) is 29.6 Å². The third-order valence-corrected chi connectivity index (χ3v) is 4.30. The number of nitrogens with one attached hydrogen (secondary N) is 3. The molecular formula is C19H21ClN4O2. The van der Waals surface area contributed by atoms with Crippen LogP contribution in [0.5, 0.6) is 0 Å². The van der Waals surface area contributed by atoms with Gasteiger partial charge in [-0.05, 0) is 49.2 Å². The largest absolute Gasteiger partial charge is 0.375 e. The van der Waals surface area contributed by atoms with Crippen LogP contribution in [0.2, 0.25) is 5.02 Å². The van der Waals surface area contributed by atoms with Crippen LogP contribution in [0.25, 0.3) is 0 Å². The van der Waals surface area contributed by atoms with Crippen LogP contribution >= 0.6 is 11.6 Å². The number of benzene rings is 2. The molecule has 136 valence electrons. The number of hydrogen-bond acceptors (Lipinski definition) is 3. The first-order valence-electron chi connectivity index (χ1n) is 8.39. The second-order valence-electron chi connectivity index (χ2n) is 6.43. The highest BCUT2D eigenvalue weighted by atomic mass is 35.5. The van der Waals surface area contributed by atoms with E-state index in [-0.39, 0.29) is 11.9 Å². The maximum Gasteiger partial charge on any atom is 0.319 e. The summed E-state index contributed by atoms with van der Waals surface area (Å²) in [6.07, 6.45) is 2.07. The Morgan fingerprint density at radius 1 is 1.04 bits per heavy atom. The summed E-state index contributed by atoms with van der Waals surface area (Å²) in [5, 5.41) is 9.05. The van der Waals surface area contributed by atoms with E-state index in [1.165, 1.54) is 0 Å². The van der Waals surface area contributed by atoms with Gasteiger partial charge in [0.25, 0.3) is 5.91 Å². The van der Waals surface area contributed by atoms with Crippen LogP contribution in [-0.4, -0.2) is 32.1 Å². The summed E-state index contributed by atoms with van der Waals surface area (Å²) in [6, 6.07) is 12.2. The van der Waals surface area contributed by atoms with Crippen LogP contribution in [0, 0.1) is 0 Å². The minimum atomic E-state index is -0.246. The van der Waals surface area contributed by atoms with Gasteiger partial charge in [-0.2, -0.15) is 0 Å². The first-order valence-corrected chi connectivity index (χ1v) is 8.76. The second-order valence-corrected chi connectivity index (χ2v) is 6.84. The number of hydrogen-bond donors (Lipinski definition) is 3. The minimum absolute atomic E-state index is 0.223. The summed E-state index contributed by atoms with van der Waals surface area (Å²) in [7, 11) is 3.73. The average Bonchev–Trinajstić information content (AvgIpc) is 3.39. The molecule has 0 heterocycles. The van der Waals surface area contributed by atoms with E-state index in [1.807, 2.05) is 19.0 Å². The fourth-order valence-electron chi connectivity index (χ4n) is 2.55. The van der Waals surface area contributed by atoms with Crippen molar-refractivity contribution in [3.63, 3.8) is 0 Å². The Morgan fingerprint density at radius 2 is 1.73 bits per heavy atom. The molecule has 3 rings (SSSR count). The predicted molar refractivity (Wildman–Crippen MR) is 105 cm³/mol. The van der Waals surface area contributed by atoms with Gasteiger partial charge in [0.15, 0.2) is 0 Å². The summed E-state index contributed by atoms with van der Waals surface area (Å²) >= 11 is 6.22. The highest BCUT2D eigenvalue weighted by Gasteiger charge is 2.23. The van der Waals surface area contributed by atoms with Crippen LogP contribution in [0.1, 0.15) is 23.2 Å². The van der Waals surface area contributed by atoms with Gasteiger partial charge in [-0.3, -0.25) is 4.79 Å². The van der Waals surface area contributed by atoms with Crippen molar-refractivity contribution < 1.29 is 9.59 Å². The van der Waals surface area contributed by atoms with Gasteiger partial charge in [0.1, 0.15) is 0 Å². The molecule has 0 spiro atoms. The standard InChI is InChI=1S/C19H21ClN4O2/c1-24(2)17-15(20)4-3-5-16(17)23-18(25)12-6-8-13(9-7-12)21-19(26)22-14-10-11-14/h3-9,14H,10-11H2,1-2H3,(H,23,25)(H2,21,22,26). The fraction of sp³-hybridized carbons (Fsp3) is 0.263. The molecule has 26 heavy (non-hydrogen) atoms. The molecule has 2 aromatic carbocycles. The fourth-order valence-corrected chi connectivity index (χ4v) is 2.89. The lowest BCUT2D eigenvalue weighted by Gasteiger charge is -2.19. The highest BCUT2D eigenvalue weighted by molar-refractivity contribution is 6.34. The topological polar surface area (TPSA) is 73.5 Å². The molecule has 3 N–H and O–H groups in total. The molecule has 2 aromatic rings. The number of urea groups is 1. The van der Waals surface area contributed by atoms with Gasteiger partial charge in [0, 0.05) is 31.4 Å². The Hall–Kier alpha value is -2.73. The van der Waals surface area contributed by atoms with Crippen LogP contribution in [-0.2, 0) is 0 Å². The Balaban J connectivity index is 1.67. The summed E-state index contributed by atoms with van der Waals surface area (Å²) < 4.78 is 0. The average molecular weight is 373 g/mol. The Bertz CT molecular complexity index is 817. The van der Waals surface area contributed by atoms with Crippen molar-refractivity contribution in [1.29, 1.82) is 0 Å². The molecule has 1 aliphatic carbocycles. The van der Waals surface area contributed by atoms with Gasteiger partial charge in [0.2, 0.25) is 0 Å². The van der Waals surface area contributed by atoms with Gasteiger partial charge < -0.3 is 20.9 Å². The number of amides is 3. The van der Waals surface area contributed by atoms with Crippen LogP contribution in [0.15, 0.2) is 42.5 Å². The van der Waals surface area contributed by atoms with Gasteiger partial charge in [-0.15, -0.1) is 0 Å². The number of para-hydroxylation sites is 1. The Kier molecular flexibility index (Phi) is 5.32. The lowest BCUT2D eigenvalue weighted by atomic mass is 10.1. The van der Waals surface area contributed by atoms with Crippen LogP contribution in [0.4, 0.5) is 21.9 Å². The van der Waals surface area contributed by atoms with Crippen molar-refractivity contribution in [2.24, 2.45) is 0 Å². The van der Waals surface area contributed by atoms with Gasteiger partial charge in [-0.1, -0.05) is 17.7 Å². The van der Waals surface area contributed by atoms with E-state index in [4.69, 9.17) is 11.6 Å². The van der Waals surface area contributed by atoms with Crippen molar-refractivity contribution in [2.45, 2.75) is 18.9 Å². The number of rotatable bonds is 5. The SMILES string of the molecule is CN(C)c1c(Cl)cccc1NC(=O)c1ccc(NC(=O)NC2CC2)cc1. The maximum atomic E-state index is 12.5. The van der Waals surface area contributed by atoms with E-state index in [0.29, 0.717) is 28.0 Å². The first-order chi connectivity index (χ1) is 12.4. The minimum Gasteiger partial charge on any atom is -0.375 e. The molecule has 1 aliphatic rings. The summed E-state index contributed by atoms with van der Waals surface area (Å²) in [5.74, 6) is -0.246. The van der Waals surface area contributed by atoms with Gasteiger partial charge in [0.05, 0.1) is 16.4 Å². The smallest absolute Gasteiger partial charge is 0.319 e. The lowest BCUT2D eigenvalue weighted by Crippen LogP contribution is -2.30. The molecule has 0 atom stereocenters. The zero-order valence-electron chi connectivity index (χ0n) is 14.7. The van der Waals surface area contributed by atoms with E-state index in [2.05, 4.69) is 16.0 Å². The first kappa shape index (κ1) is 18.1.